The van der Waals surface area contributed by atoms with Crippen molar-refractivity contribution in [3.8, 4) is 0 Å². The number of hydrogen-bond donors (Lipinski definition) is 2. The molecular weight excluding hydrogens is 322 g/mol. The van der Waals surface area contributed by atoms with Gasteiger partial charge in [0.2, 0.25) is 10.0 Å². The zero-order chi connectivity index (χ0) is 15.5. The Morgan fingerprint density at radius 2 is 1.53 bits per heavy atom. The van der Waals surface area contributed by atoms with E-state index in [0.29, 0.717) is 6.26 Å². The van der Waals surface area contributed by atoms with E-state index in [4.69, 9.17) is 5.11 Å². The highest BCUT2D eigenvalue weighted by Crippen LogP contribution is 2.01. The molecule has 12 heteroatoms. The minimum Gasteiger partial charge on any atom is -0.480 e. The summed E-state index contributed by atoms with van der Waals surface area (Å²) in [7, 11) is -11.7. The number of sulfonamides is 1. The summed E-state index contributed by atoms with van der Waals surface area (Å²) in [6, 6.07) is -1.69. The second-order valence-corrected chi connectivity index (χ2v) is 10.6. The summed E-state index contributed by atoms with van der Waals surface area (Å²) in [5.74, 6) is -2.12. The van der Waals surface area contributed by atoms with E-state index in [1.54, 1.807) is 4.72 Å². The summed E-state index contributed by atoms with van der Waals surface area (Å²) in [5, 5.41) is 7.50. The van der Waals surface area contributed by atoms with Crippen LogP contribution in [0.25, 0.3) is 0 Å². The van der Waals surface area contributed by atoms with Crippen molar-refractivity contribution >= 4 is 35.7 Å². The number of nitrogens with one attached hydrogen (secondary N) is 1. The highest BCUT2D eigenvalue weighted by atomic mass is 32.3. The average Bonchev–Trinajstić information content (AvgIpc) is 2.05. The molecule has 0 amide bonds. The van der Waals surface area contributed by atoms with Gasteiger partial charge in [-0.15, -0.1) is 0 Å². The Morgan fingerprint density at radius 3 is 1.84 bits per heavy atom. The van der Waals surface area contributed by atoms with Crippen LogP contribution >= 0.6 is 0 Å². The van der Waals surface area contributed by atoms with Crippen LogP contribution < -0.4 is 4.72 Å². The molecule has 0 radical (unpaired) electrons. The summed E-state index contributed by atoms with van der Waals surface area (Å²) in [4.78, 5) is 10.8. The van der Waals surface area contributed by atoms with Gasteiger partial charge in [0.1, 0.15) is 15.9 Å². The molecule has 0 rings (SSSR count). The van der Waals surface area contributed by atoms with E-state index in [1.165, 1.54) is 0 Å². The summed E-state index contributed by atoms with van der Waals surface area (Å²) < 4.78 is 67.9. The maximum Gasteiger partial charge on any atom is 0.321 e. The molecule has 1 atom stereocenters. The molecule has 0 heterocycles. The second kappa shape index (κ2) is 6.15. The largest absolute Gasteiger partial charge is 0.480 e. The van der Waals surface area contributed by atoms with E-state index in [1.807, 2.05) is 0 Å². The van der Waals surface area contributed by atoms with Gasteiger partial charge in [-0.1, -0.05) is 0 Å². The molecule has 2 N–H and O–H groups in total. The molecule has 9 nitrogen and oxygen atoms in total. The van der Waals surface area contributed by atoms with E-state index in [9.17, 15) is 30.0 Å². The molecule has 0 aromatic rings. The van der Waals surface area contributed by atoms with Crippen LogP contribution in [0.15, 0.2) is 0 Å². The van der Waals surface area contributed by atoms with Gasteiger partial charge in [0.05, 0.1) is 5.75 Å². The maximum atomic E-state index is 11.4. The van der Waals surface area contributed by atoms with Crippen LogP contribution in [0, 0.1) is 0 Å². The van der Waals surface area contributed by atoms with Gasteiger partial charge in [-0.3, -0.25) is 4.79 Å². The third-order valence-electron chi connectivity index (χ3n) is 1.77. The van der Waals surface area contributed by atoms with Gasteiger partial charge >= 0.3 is 5.97 Å². The third kappa shape index (κ3) is 9.81. The predicted molar refractivity (Wildman–Crippen MR) is 67.5 cm³/mol. The molecule has 0 aromatic heterocycles. The quantitative estimate of drug-likeness (QED) is 0.506. The Labute approximate surface area is 111 Å². The van der Waals surface area contributed by atoms with Crippen LogP contribution in [0.5, 0.6) is 0 Å². The van der Waals surface area contributed by atoms with Gasteiger partial charge in [-0.05, 0) is 6.42 Å². The predicted octanol–water partition coefficient (Wildman–Crippen LogP) is -2.20. The van der Waals surface area contributed by atoms with Crippen molar-refractivity contribution in [2.24, 2.45) is 0 Å². The zero-order valence-electron chi connectivity index (χ0n) is 10.2. The number of carboxylic acid groups (broad SMARTS) is 1. The molecule has 1 unspecified atom stereocenters. The normalized spacial score (nSPS) is 15.1. The van der Waals surface area contributed by atoms with Crippen molar-refractivity contribution < 1.29 is 35.2 Å². The van der Waals surface area contributed by atoms with Crippen LogP contribution in [0.4, 0.5) is 0 Å². The van der Waals surface area contributed by atoms with Gasteiger partial charge in [0.15, 0.2) is 14.9 Å². The fourth-order valence-corrected chi connectivity index (χ4v) is 4.94. The molecule has 0 fully saturated rings. The molecule has 0 aliphatic rings. The van der Waals surface area contributed by atoms with E-state index in [-0.39, 0.29) is 0 Å². The monoisotopic (exact) mass is 337 g/mol. The lowest BCUT2D eigenvalue weighted by molar-refractivity contribution is -0.139. The first-order valence-corrected chi connectivity index (χ1v) is 10.6. The Balaban J connectivity index is 4.91. The third-order valence-corrected chi connectivity index (χ3v) is 6.34. The lowest BCUT2D eigenvalue weighted by Gasteiger charge is -2.13. The standard InChI is InChI=1S/C7H15NO8S3/c1-17(11,12)4-3-6(7(9)10)8-19(15,16)5-18(2,13)14/h6,8H,3-5H2,1-2H3,(H,9,10). The summed E-state index contributed by atoms with van der Waals surface area (Å²) in [5.41, 5.74) is 0. The Hall–Kier alpha value is -0.720. The van der Waals surface area contributed by atoms with Crippen LogP contribution in [-0.2, 0) is 34.5 Å². The molecule has 0 aliphatic heterocycles. The van der Waals surface area contributed by atoms with Crippen molar-refractivity contribution in [3.63, 3.8) is 0 Å². The van der Waals surface area contributed by atoms with Crippen LogP contribution in [0.1, 0.15) is 6.42 Å². The second-order valence-electron chi connectivity index (χ2n) is 4.09. The number of sulfone groups is 2. The van der Waals surface area contributed by atoms with Gasteiger partial charge in [0.25, 0.3) is 0 Å². The number of hydrogen-bond acceptors (Lipinski definition) is 7. The summed E-state index contributed by atoms with van der Waals surface area (Å²) in [6.07, 6.45) is 1.06. The van der Waals surface area contributed by atoms with E-state index in [0.717, 1.165) is 6.26 Å². The highest BCUT2D eigenvalue weighted by molar-refractivity contribution is 8.06. The minimum atomic E-state index is -4.36. The lowest BCUT2D eigenvalue weighted by atomic mass is 10.2. The maximum absolute atomic E-state index is 11.4. The molecule has 19 heavy (non-hydrogen) atoms. The van der Waals surface area contributed by atoms with Gasteiger partial charge < -0.3 is 5.11 Å². The van der Waals surface area contributed by atoms with Gasteiger partial charge in [-0.25, -0.2) is 30.0 Å². The number of aliphatic carboxylic acids is 1. The SMILES string of the molecule is CS(=O)(=O)CCC(NS(=O)(=O)CS(C)(=O)=O)C(=O)O. The average molecular weight is 337 g/mol. The molecule has 0 aromatic carbocycles. The molecule has 0 saturated carbocycles. The van der Waals surface area contributed by atoms with Gasteiger partial charge in [0, 0.05) is 12.5 Å². The minimum absolute atomic E-state index is 0.489. The molecule has 114 valence electrons. The van der Waals surface area contributed by atoms with Crippen LogP contribution in [0.2, 0.25) is 0 Å². The van der Waals surface area contributed by atoms with E-state index in [2.05, 4.69) is 0 Å². The van der Waals surface area contributed by atoms with Crippen molar-refractivity contribution in [2.75, 3.05) is 23.3 Å². The first-order chi connectivity index (χ1) is 8.22. The van der Waals surface area contributed by atoms with E-state index < -0.39 is 59.0 Å². The molecular formula is C7H15NO8S3. The van der Waals surface area contributed by atoms with Crippen molar-refractivity contribution in [1.82, 2.24) is 4.72 Å². The van der Waals surface area contributed by atoms with Crippen molar-refractivity contribution in [2.45, 2.75) is 12.5 Å². The number of carbonyl (C=O) groups is 1. The van der Waals surface area contributed by atoms with Crippen LogP contribution in [-0.4, -0.2) is 65.7 Å². The Bertz CT molecular complexity index is 630. The zero-order valence-corrected chi connectivity index (χ0v) is 12.7. The topological polar surface area (TPSA) is 152 Å². The molecule has 0 saturated heterocycles. The first kappa shape index (κ1) is 18.3. The van der Waals surface area contributed by atoms with E-state index >= 15 is 0 Å². The van der Waals surface area contributed by atoms with Gasteiger partial charge in [-0.2, -0.15) is 0 Å². The molecule has 0 bridgehead atoms. The number of rotatable bonds is 8. The fraction of sp³-hybridized carbons (Fsp3) is 0.857. The smallest absolute Gasteiger partial charge is 0.321 e. The fourth-order valence-electron chi connectivity index (χ4n) is 1.10. The first-order valence-electron chi connectivity index (χ1n) is 4.80. The summed E-state index contributed by atoms with van der Waals surface area (Å²) >= 11 is 0. The van der Waals surface area contributed by atoms with Crippen molar-refractivity contribution in [1.29, 1.82) is 0 Å². The lowest BCUT2D eigenvalue weighted by Crippen LogP contribution is -2.43. The Kier molecular flexibility index (Phi) is 5.92. The molecule has 0 spiro atoms. The van der Waals surface area contributed by atoms with Crippen LogP contribution in [0.3, 0.4) is 0 Å². The number of carboxylic acids is 1. The Morgan fingerprint density at radius 1 is 1.05 bits per heavy atom. The summed E-state index contributed by atoms with van der Waals surface area (Å²) in [6.45, 7) is 0. The highest BCUT2D eigenvalue weighted by Gasteiger charge is 2.27. The van der Waals surface area contributed by atoms with Crippen molar-refractivity contribution in [3.05, 3.63) is 0 Å². The molecule has 0 aliphatic carbocycles.